The molecule has 1 aromatic carbocycles. The number of carbonyl (C=O) groups is 1. The summed E-state index contributed by atoms with van der Waals surface area (Å²) in [5, 5.41) is 2.93. The van der Waals surface area contributed by atoms with E-state index in [1.54, 1.807) is 18.7 Å². The van der Waals surface area contributed by atoms with Crippen LogP contribution in [-0.4, -0.2) is 25.3 Å². The molecule has 4 aromatic heterocycles. The largest absolute Gasteiger partial charge is 0.451 e. The highest BCUT2D eigenvalue weighted by Crippen LogP contribution is 2.29. The fraction of sp³-hybridized carbons (Fsp3) is 0.0833. The number of carbonyl (C=O) groups excluding carboxylic acids is 1. The summed E-state index contributed by atoms with van der Waals surface area (Å²) in [6.07, 6.45) is 8.26. The van der Waals surface area contributed by atoms with E-state index in [9.17, 15) is 4.79 Å². The van der Waals surface area contributed by atoms with Gasteiger partial charge in [-0.2, -0.15) is 0 Å². The van der Waals surface area contributed by atoms with E-state index in [0.717, 1.165) is 22.3 Å². The molecule has 0 aliphatic heterocycles. The van der Waals surface area contributed by atoms with E-state index < -0.39 is 0 Å². The molecule has 31 heavy (non-hydrogen) atoms. The van der Waals surface area contributed by atoms with Crippen molar-refractivity contribution in [2.24, 2.45) is 0 Å². The molecule has 0 fully saturated rings. The molecule has 0 unspecified atom stereocenters. The zero-order valence-corrected chi connectivity index (χ0v) is 16.8. The summed E-state index contributed by atoms with van der Waals surface area (Å²) < 4.78 is 7.18. The van der Waals surface area contributed by atoms with Gasteiger partial charge in [0.2, 0.25) is 0 Å². The van der Waals surface area contributed by atoms with Crippen LogP contribution in [0.1, 0.15) is 21.7 Å². The minimum atomic E-state index is -0.217. The van der Waals surface area contributed by atoms with Crippen molar-refractivity contribution in [3.63, 3.8) is 0 Å². The summed E-state index contributed by atoms with van der Waals surface area (Å²) in [4.78, 5) is 25.9. The standard InChI is InChI=1S/C24H19N5O2/c1-16-10-26-19(11-25-16)12-27-24(30)21-9-20-8-7-18(17-5-3-2-4-6-17)13-29(20)23(21)22-14-31-15-28-22/h2-11,13-15H,12H2,1H3,(H,27,30). The topological polar surface area (TPSA) is 85.3 Å². The summed E-state index contributed by atoms with van der Waals surface area (Å²) in [6.45, 7) is 2.15. The van der Waals surface area contributed by atoms with Crippen molar-refractivity contribution in [1.29, 1.82) is 0 Å². The van der Waals surface area contributed by atoms with E-state index in [4.69, 9.17) is 4.42 Å². The molecular weight excluding hydrogens is 390 g/mol. The van der Waals surface area contributed by atoms with Crippen LogP contribution in [0.15, 0.2) is 84.2 Å². The SMILES string of the molecule is Cc1cnc(CNC(=O)c2cc3ccc(-c4ccccc4)cn3c2-c2cocn2)cn1. The van der Waals surface area contributed by atoms with E-state index in [1.165, 1.54) is 6.39 Å². The summed E-state index contributed by atoms with van der Waals surface area (Å²) in [5.74, 6) is -0.217. The van der Waals surface area contributed by atoms with Crippen LogP contribution in [0.5, 0.6) is 0 Å². The van der Waals surface area contributed by atoms with Gasteiger partial charge in [0.25, 0.3) is 5.91 Å². The molecule has 1 amide bonds. The molecular formula is C24H19N5O2. The molecule has 7 nitrogen and oxygen atoms in total. The van der Waals surface area contributed by atoms with Crippen LogP contribution in [-0.2, 0) is 6.54 Å². The van der Waals surface area contributed by atoms with Gasteiger partial charge in [-0.25, -0.2) is 4.98 Å². The molecule has 1 N–H and O–H groups in total. The first-order valence-electron chi connectivity index (χ1n) is 9.84. The molecule has 5 rings (SSSR count). The van der Waals surface area contributed by atoms with Crippen molar-refractivity contribution in [2.45, 2.75) is 13.5 Å². The Labute approximate surface area is 178 Å². The zero-order valence-electron chi connectivity index (χ0n) is 16.8. The van der Waals surface area contributed by atoms with Gasteiger partial charge in [-0.3, -0.25) is 14.8 Å². The molecule has 4 heterocycles. The van der Waals surface area contributed by atoms with Crippen LogP contribution in [0.4, 0.5) is 0 Å². The second kappa shape index (κ2) is 7.87. The first kappa shape index (κ1) is 18.7. The number of nitrogens with zero attached hydrogens (tertiary/aromatic N) is 4. The lowest BCUT2D eigenvalue weighted by Crippen LogP contribution is -2.23. The van der Waals surface area contributed by atoms with Gasteiger partial charge in [0.05, 0.1) is 35.4 Å². The Bertz CT molecular complexity index is 1340. The second-order valence-electron chi connectivity index (χ2n) is 7.19. The molecule has 0 spiro atoms. The van der Waals surface area contributed by atoms with E-state index in [0.29, 0.717) is 22.6 Å². The molecule has 0 aliphatic carbocycles. The molecule has 5 aromatic rings. The highest BCUT2D eigenvalue weighted by Gasteiger charge is 2.20. The number of fused-ring (bicyclic) bond motifs is 1. The maximum Gasteiger partial charge on any atom is 0.253 e. The van der Waals surface area contributed by atoms with Crippen molar-refractivity contribution in [1.82, 2.24) is 24.7 Å². The van der Waals surface area contributed by atoms with Gasteiger partial charge in [-0.1, -0.05) is 36.4 Å². The summed E-state index contributed by atoms with van der Waals surface area (Å²) in [7, 11) is 0. The Morgan fingerprint density at radius 1 is 1.03 bits per heavy atom. The predicted octanol–water partition coefficient (Wildman–Crippen LogP) is 4.29. The third-order valence-corrected chi connectivity index (χ3v) is 5.06. The Balaban J connectivity index is 1.54. The number of pyridine rings is 1. The average molecular weight is 409 g/mol. The Hall–Kier alpha value is -4.26. The van der Waals surface area contributed by atoms with Gasteiger partial charge in [0.1, 0.15) is 12.0 Å². The number of amides is 1. The number of nitrogens with one attached hydrogen (secondary N) is 1. The molecule has 0 bridgehead atoms. The van der Waals surface area contributed by atoms with Crippen LogP contribution >= 0.6 is 0 Å². The Morgan fingerprint density at radius 2 is 1.90 bits per heavy atom. The number of hydrogen-bond donors (Lipinski definition) is 1. The van der Waals surface area contributed by atoms with E-state index in [-0.39, 0.29) is 12.5 Å². The number of aryl methyl sites for hydroxylation is 1. The molecule has 0 saturated carbocycles. The number of hydrogen-bond acceptors (Lipinski definition) is 5. The quantitative estimate of drug-likeness (QED) is 0.468. The molecule has 7 heteroatoms. The molecule has 0 radical (unpaired) electrons. The van der Waals surface area contributed by atoms with Crippen molar-refractivity contribution >= 4 is 11.4 Å². The minimum absolute atomic E-state index is 0.217. The lowest BCUT2D eigenvalue weighted by atomic mass is 10.1. The van der Waals surface area contributed by atoms with Gasteiger partial charge in [-0.15, -0.1) is 0 Å². The number of oxazole rings is 1. The average Bonchev–Trinajstić information content (AvgIpc) is 3.46. The lowest BCUT2D eigenvalue weighted by Gasteiger charge is -2.07. The summed E-state index contributed by atoms with van der Waals surface area (Å²) >= 11 is 0. The predicted molar refractivity (Wildman–Crippen MR) is 116 cm³/mol. The van der Waals surface area contributed by atoms with Crippen molar-refractivity contribution in [2.75, 3.05) is 0 Å². The molecule has 152 valence electrons. The third kappa shape index (κ3) is 3.69. The van der Waals surface area contributed by atoms with E-state index in [2.05, 4.69) is 32.4 Å². The number of rotatable bonds is 5. The smallest absolute Gasteiger partial charge is 0.253 e. The second-order valence-corrected chi connectivity index (χ2v) is 7.19. The fourth-order valence-electron chi connectivity index (χ4n) is 3.51. The van der Waals surface area contributed by atoms with Crippen molar-refractivity contribution in [3.8, 4) is 22.5 Å². The van der Waals surface area contributed by atoms with Crippen molar-refractivity contribution in [3.05, 3.63) is 96.7 Å². The fourth-order valence-corrected chi connectivity index (χ4v) is 3.51. The zero-order chi connectivity index (χ0) is 21.2. The van der Waals surface area contributed by atoms with Crippen LogP contribution in [0.3, 0.4) is 0 Å². The minimum Gasteiger partial charge on any atom is -0.451 e. The number of benzene rings is 1. The van der Waals surface area contributed by atoms with Gasteiger partial charge in [0.15, 0.2) is 6.39 Å². The highest BCUT2D eigenvalue weighted by molar-refractivity contribution is 6.02. The monoisotopic (exact) mass is 409 g/mol. The van der Waals surface area contributed by atoms with Gasteiger partial charge in [-0.05, 0) is 30.2 Å². The number of aromatic nitrogens is 4. The maximum absolute atomic E-state index is 13.1. The molecule has 0 atom stereocenters. The lowest BCUT2D eigenvalue weighted by molar-refractivity contribution is 0.0951. The van der Waals surface area contributed by atoms with Gasteiger partial charge in [0, 0.05) is 17.9 Å². The Morgan fingerprint density at radius 3 is 2.65 bits per heavy atom. The highest BCUT2D eigenvalue weighted by atomic mass is 16.3. The van der Waals surface area contributed by atoms with Crippen LogP contribution in [0.2, 0.25) is 0 Å². The first-order chi connectivity index (χ1) is 15.2. The van der Waals surface area contributed by atoms with Gasteiger partial charge >= 0.3 is 0 Å². The van der Waals surface area contributed by atoms with Gasteiger partial charge < -0.3 is 14.1 Å². The van der Waals surface area contributed by atoms with Crippen LogP contribution < -0.4 is 5.32 Å². The molecule has 0 aliphatic rings. The third-order valence-electron chi connectivity index (χ3n) is 5.06. The van der Waals surface area contributed by atoms with E-state index in [1.807, 2.05) is 53.9 Å². The molecule has 0 saturated heterocycles. The maximum atomic E-state index is 13.1. The first-order valence-corrected chi connectivity index (χ1v) is 9.84. The summed E-state index contributed by atoms with van der Waals surface area (Å²) in [6, 6.07) is 16.0. The normalized spacial score (nSPS) is 11.0. The van der Waals surface area contributed by atoms with Crippen LogP contribution in [0, 0.1) is 6.92 Å². The van der Waals surface area contributed by atoms with Crippen molar-refractivity contribution < 1.29 is 9.21 Å². The summed E-state index contributed by atoms with van der Waals surface area (Å²) in [5.41, 5.74) is 6.31. The van der Waals surface area contributed by atoms with E-state index >= 15 is 0 Å². The van der Waals surface area contributed by atoms with Crippen LogP contribution in [0.25, 0.3) is 28.0 Å². The Kier molecular flexibility index (Phi) is 4.76.